The van der Waals surface area contributed by atoms with Crippen LogP contribution in [0.2, 0.25) is 0 Å². The summed E-state index contributed by atoms with van der Waals surface area (Å²) in [4.78, 5) is 0. The Balaban J connectivity index is 1.93. The molecule has 4 nitrogen and oxygen atoms in total. The van der Waals surface area contributed by atoms with Crippen molar-refractivity contribution in [2.45, 2.75) is 38.1 Å². The van der Waals surface area contributed by atoms with Crippen molar-refractivity contribution < 1.29 is 13.0 Å². The van der Waals surface area contributed by atoms with Crippen molar-refractivity contribution in [3.8, 4) is 0 Å². The van der Waals surface area contributed by atoms with E-state index in [-0.39, 0.29) is 5.75 Å². The normalized spacial score (nSPS) is 22.7. The number of nitrogens with zero attached hydrogens (tertiary/aromatic N) is 1. The summed E-state index contributed by atoms with van der Waals surface area (Å²) in [5.41, 5.74) is 2.75. The quantitative estimate of drug-likeness (QED) is 0.472. The molecule has 24 heavy (non-hydrogen) atoms. The van der Waals surface area contributed by atoms with Gasteiger partial charge in [0.1, 0.15) is 5.69 Å². The lowest BCUT2D eigenvalue weighted by Gasteiger charge is -2.31. The lowest BCUT2D eigenvalue weighted by atomic mass is 9.87. The van der Waals surface area contributed by atoms with Gasteiger partial charge in [0.2, 0.25) is 0 Å². The molecule has 2 atom stereocenters. The third kappa shape index (κ3) is 3.08. The number of fused-ring (bicyclic) bond motifs is 3. The fourth-order valence-corrected chi connectivity index (χ4v) is 4.67. The summed E-state index contributed by atoms with van der Waals surface area (Å²) in [6, 6.07) is 13.3. The molecule has 1 heterocycles. The van der Waals surface area contributed by atoms with Gasteiger partial charge in [0.15, 0.2) is 0 Å². The standard InChI is InChI=1S/C19H25NO3S/c1-14-16(9-6-7-13-24(21,22)23)19-17-10-5-4-8-15(17)11-12-18(19)20(14,2)3/h4-5,8,10-12,14,16H,6-7,9,13H2,1-3H3. The van der Waals surface area contributed by atoms with Crippen molar-refractivity contribution in [1.29, 1.82) is 0 Å². The molecule has 3 rings (SSSR count). The van der Waals surface area contributed by atoms with Gasteiger partial charge in [-0.2, -0.15) is 0 Å². The third-order valence-electron chi connectivity index (χ3n) is 5.70. The molecule has 1 aliphatic heterocycles. The Bertz CT molecular complexity index is 858. The Morgan fingerprint density at radius 2 is 1.79 bits per heavy atom. The van der Waals surface area contributed by atoms with E-state index in [1.54, 1.807) is 0 Å². The van der Waals surface area contributed by atoms with Crippen LogP contribution in [-0.2, 0) is 10.1 Å². The van der Waals surface area contributed by atoms with E-state index in [2.05, 4.69) is 57.4 Å². The summed E-state index contributed by atoms with van der Waals surface area (Å²) >= 11 is 0. The van der Waals surface area contributed by atoms with Crippen molar-refractivity contribution in [2.75, 3.05) is 19.8 Å². The Labute approximate surface area is 144 Å². The van der Waals surface area contributed by atoms with Crippen LogP contribution in [0.5, 0.6) is 0 Å². The maximum atomic E-state index is 10.8. The van der Waals surface area contributed by atoms with E-state index in [0.29, 0.717) is 18.4 Å². The minimum Gasteiger partial charge on any atom is -0.748 e. The van der Waals surface area contributed by atoms with E-state index in [9.17, 15) is 13.0 Å². The molecule has 2 unspecified atom stereocenters. The molecule has 0 radical (unpaired) electrons. The van der Waals surface area contributed by atoms with Crippen molar-refractivity contribution in [1.82, 2.24) is 4.48 Å². The zero-order chi connectivity index (χ0) is 17.5. The zero-order valence-electron chi connectivity index (χ0n) is 14.5. The monoisotopic (exact) mass is 347 g/mol. The smallest absolute Gasteiger partial charge is 0.137 e. The molecular weight excluding hydrogens is 322 g/mol. The number of likely N-dealkylation sites (N-methyl/N-ethyl adjacent to an activating group) is 1. The molecule has 0 spiro atoms. The van der Waals surface area contributed by atoms with E-state index in [0.717, 1.165) is 17.3 Å². The molecule has 0 saturated heterocycles. The first-order chi connectivity index (χ1) is 11.2. The first kappa shape index (κ1) is 17.4. The fraction of sp³-hybridized carbons (Fsp3) is 0.474. The molecular formula is C19H25NO3S. The lowest BCUT2D eigenvalue weighted by Crippen LogP contribution is -2.46. The van der Waals surface area contributed by atoms with Crippen LogP contribution in [0.15, 0.2) is 36.4 Å². The number of quaternary nitrogens is 1. The van der Waals surface area contributed by atoms with Crippen molar-refractivity contribution >= 4 is 26.6 Å². The summed E-state index contributed by atoms with van der Waals surface area (Å²) in [7, 11) is 0.368. The van der Waals surface area contributed by atoms with Gasteiger partial charge < -0.3 is 4.55 Å². The Hall–Kier alpha value is -1.43. The predicted molar refractivity (Wildman–Crippen MR) is 98.2 cm³/mol. The largest absolute Gasteiger partial charge is 0.748 e. The summed E-state index contributed by atoms with van der Waals surface area (Å²) in [5, 5.41) is 2.55. The molecule has 5 heteroatoms. The summed E-state index contributed by atoms with van der Waals surface area (Å²) < 4.78 is 33.3. The minimum absolute atomic E-state index is 0.255. The second-order valence-electron chi connectivity index (χ2n) is 7.36. The van der Waals surface area contributed by atoms with Crippen LogP contribution in [0, 0.1) is 0 Å². The Morgan fingerprint density at radius 1 is 1.08 bits per heavy atom. The van der Waals surface area contributed by atoms with Gasteiger partial charge in [0, 0.05) is 23.3 Å². The van der Waals surface area contributed by atoms with Crippen LogP contribution in [0.25, 0.3) is 10.8 Å². The van der Waals surface area contributed by atoms with Crippen LogP contribution in [0.3, 0.4) is 0 Å². The molecule has 0 amide bonds. The summed E-state index contributed by atoms with van der Waals surface area (Å²) in [6.07, 6.45) is 2.13. The molecule has 0 aliphatic carbocycles. The third-order valence-corrected chi connectivity index (χ3v) is 6.49. The van der Waals surface area contributed by atoms with Crippen LogP contribution in [0.4, 0.5) is 5.69 Å². The zero-order valence-corrected chi connectivity index (χ0v) is 15.3. The fourth-order valence-electron chi connectivity index (χ4n) is 4.12. The average molecular weight is 347 g/mol. The maximum Gasteiger partial charge on any atom is 0.137 e. The van der Waals surface area contributed by atoms with Crippen LogP contribution in [0.1, 0.15) is 37.7 Å². The number of rotatable bonds is 5. The van der Waals surface area contributed by atoms with E-state index in [1.807, 2.05) is 0 Å². The molecule has 0 aromatic heterocycles. The first-order valence-electron chi connectivity index (χ1n) is 8.51. The second-order valence-corrected chi connectivity index (χ2v) is 8.89. The van der Waals surface area contributed by atoms with Crippen molar-refractivity contribution in [3.63, 3.8) is 0 Å². The Kier molecular flexibility index (Phi) is 4.45. The number of benzene rings is 2. The maximum absolute atomic E-state index is 10.8. The number of unbranched alkanes of at least 4 members (excludes halogenated alkanes) is 1. The van der Waals surface area contributed by atoms with Gasteiger partial charge in [0.25, 0.3) is 0 Å². The van der Waals surface area contributed by atoms with E-state index in [1.165, 1.54) is 22.0 Å². The molecule has 2 aromatic rings. The SMILES string of the molecule is CC1C(CCCCS(=O)(=O)[O-])c2c(ccc3ccccc23)[N+]1(C)C. The predicted octanol–water partition coefficient (Wildman–Crippen LogP) is 3.61. The number of hydrogen-bond donors (Lipinski definition) is 0. The van der Waals surface area contributed by atoms with Crippen LogP contribution < -0.4 is 4.48 Å². The van der Waals surface area contributed by atoms with Gasteiger partial charge in [-0.3, -0.25) is 4.48 Å². The molecule has 0 bridgehead atoms. The second kappa shape index (κ2) is 6.14. The highest BCUT2D eigenvalue weighted by atomic mass is 32.2. The Morgan fingerprint density at radius 3 is 2.50 bits per heavy atom. The highest BCUT2D eigenvalue weighted by Gasteiger charge is 2.45. The highest BCUT2D eigenvalue weighted by molar-refractivity contribution is 7.85. The topological polar surface area (TPSA) is 57.2 Å². The van der Waals surface area contributed by atoms with E-state index < -0.39 is 10.1 Å². The van der Waals surface area contributed by atoms with Crippen LogP contribution in [-0.4, -0.2) is 38.9 Å². The molecule has 0 fully saturated rings. The van der Waals surface area contributed by atoms with Gasteiger partial charge in [-0.05, 0) is 36.6 Å². The van der Waals surface area contributed by atoms with Gasteiger partial charge in [-0.15, -0.1) is 0 Å². The molecule has 2 aromatic carbocycles. The highest BCUT2D eigenvalue weighted by Crippen LogP contribution is 2.49. The van der Waals surface area contributed by atoms with Gasteiger partial charge in [-0.25, -0.2) is 8.42 Å². The van der Waals surface area contributed by atoms with Crippen molar-refractivity contribution in [3.05, 3.63) is 42.0 Å². The molecule has 1 aliphatic rings. The summed E-state index contributed by atoms with van der Waals surface area (Å²) in [5.74, 6) is 0.129. The van der Waals surface area contributed by atoms with Crippen LogP contribution >= 0.6 is 0 Å². The average Bonchev–Trinajstić information content (AvgIpc) is 2.71. The minimum atomic E-state index is -4.11. The van der Waals surface area contributed by atoms with E-state index in [4.69, 9.17) is 0 Å². The van der Waals surface area contributed by atoms with E-state index >= 15 is 0 Å². The molecule has 0 N–H and O–H groups in total. The lowest BCUT2D eigenvalue weighted by molar-refractivity contribution is 0.295. The van der Waals surface area contributed by atoms with Gasteiger partial charge in [0.05, 0.1) is 30.3 Å². The van der Waals surface area contributed by atoms with Gasteiger partial charge >= 0.3 is 0 Å². The van der Waals surface area contributed by atoms with Crippen molar-refractivity contribution in [2.24, 2.45) is 0 Å². The summed E-state index contributed by atoms with van der Waals surface area (Å²) in [6.45, 7) is 2.27. The molecule has 0 saturated carbocycles. The number of hydrogen-bond acceptors (Lipinski definition) is 3. The molecule has 130 valence electrons. The van der Waals surface area contributed by atoms with Gasteiger partial charge in [-0.1, -0.05) is 30.7 Å². The first-order valence-corrected chi connectivity index (χ1v) is 10.1.